The summed E-state index contributed by atoms with van der Waals surface area (Å²) in [4.78, 5) is 16.1. The number of amides is 1. The largest absolute Gasteiger partial charge is 0.317 e. The zero-order chi connectivity index (χ0) is 13.1. The van der Waals surface area contributed by atoms with Crippen molar-refractivity contribution >= 4 is 17.5 Å². The Kier molecular flexibility index (Phi) is 4.45. The highest BCUT2D eigenvalue weighted by molar-refractivity contribution is 6.30. The van der Waals surface area contributed by atoms with Gasteiger partial charge < -0.3 is 5.73 Å². The van der Waals surface area contributed by atoms with E-state index in [1.54, 1.807) is 6.92 Å². The maximum Gasteiger partial charge on any atom is 0.263 e. The van der Waals surface area contributed by atoms with Gasteiger partial charge in [0.2, 0.25) is 0 Å². The predicted molar refractivity (Wildman–Crippen MR) is 62.9 cm³/mol. The minimum Gasteiger partial charge on any atom is -0.317 e. The molecule has 1 rings (SSSR count). The minimum absolute atomic E-state index is 0.00505. The van der Waals surface area contributed by atoms with Gasteiger partial charge in [0.05, 0.1) is 17.7 Å². The third-order valence-electron chi connectivity index (χ3n) is 2.27. The number of nitrogens with one attached hydrogen (secondary N) is 1. The molecule has 6 heteroatoms. The first-order valence-electron chi connectivity index (χ1n) is 4.93. The van der Waals surface area contributed by atoms with Gasteiger partial charge in [-0.15, -0.1) is 0 Å². The number of hydroxylamine groups is 1. The molecule has 0 spiro atoms. The molecular formula is C11H14ClFN2O2. The van der Waals surface area contributed by atoms with Crippen LogP contribution in [0.1, 0.15) is 12.5 Å². The van der Waals surface area contributed by atoms with Gasteiger partial charge in [-0.3, -0.25) is 9.63 Å². The van der Waals surface area contributed by atoms with Crippen LogP contribution in [-0.4, -0.2) is 18.6 Å². The Morgan fingerprint density at radius 2 is 2.29 bits per heavy atom. The number of carbonyl (C=O) groups excluding carboxylic acids is 1. The molecule has 0 aliphatic heterocycles. The van der Waals surface area contributed by atoms with Crippen LogP contribution in [0.4, 0.5) is 4.39 Å². The summed E-state index contributed by atoms with van der Waals surface area (Å²) in [5, 5.41) is 0.00505. The van der Waals surface area contributed by atoms with Crippen molar-refractivity contribution < 1.29 is 14.0 Å². The molecule has 0 radical (unpaired) electrons. The SMILES string of the molecule is CONC(=O)[C@@](C)(N)Cc1ccc(F)c(Cl)c1. The smallest absolute Gasteiger partial charge is 0.263 e. The molecule has 17 heavy (non-hydrogen) atoms. The average molecular weight is 261 g/mol. The van der Waals surface area contributed by atoms with Crippen molar-refractivity contribution in [1.29, 1.82) is 0 Å². The van der Waals surface area contributed by atoms with E-state index < -0.39 is 17.3 Å². The van der Waals surface area contributed by atoms with Gasteiger partial charge in [0.25, 0.3) is 5.91 Å². The van der Waals surface area contributed by atoms with Gasteiger partial charge in [0, 0.05) is 0 Å². The molecule has 0 aromatic heterocycles. The molecule has 0 fully saturated rings. The van der Waals surface area contributed by atoms with Gasteiger partial charge in [-0.05, 0) is 31.0 Å². The van der Waals surface area contributed by atoms with Crippen molar-refractivity contribution in [2.75, 3.05) is 7.11 Å². The number of hydrogen-bond acceptors (Lipinski definition) is 3. The zero-order valence-corrected chi connectivity index (χ0v) is 10.3. The van der Waals surface area contributed by atoms with Crippen molar-refractivity contribution in [3.05, 3.63) is 34.6 Å². The molecule has 1 aromatic carbocycles. The van der Waals surface area contributed by atoms with Gasteiger partial charge in [0.1, 0.15) is 5.82 Å². The van der Waals surface area contributed by atoms with Gasteiger partial charge in [-0.2, -0.15) is 0 Å². The van der Waals surface area contributed by atoms with Crippen molar-refractivity contribution in [2.45, 2.75) is 18.9 Å². The van der Waals surface area contributed by atoms with Crippen LogP contribution in [0.25, 0.3) is 0 Å². The molecule has 0 saturated carbocycles. The summed E-state index contributed by atoms with van der Waals surface area (Å²) < 4.78 is 12.9. The summed E-state index contributed by atoms with van der Waals surface area (Å²) >= 11 is 5.64. The highest BCUT2D eigenvalue weighted by atomic mass is 35.5. The zero-order valence-electron chi connectivity index (χ0n) is 9.59. The van der Waals surface area contributed by atoms with Crippen LogP contribution in [0.5, 0.6) is 0 Å². The number of carbonyl (C=O) groups is 1. The summed E-state index contributed by atoms with van der Waals surface area (Å²) in [6.07, 6.45) is 0.224. The number of nitrogens with two attached hydrogens (primary N) is 1. The maximum atomic E-state index is 12.9. The quantitative estimate of drug-likeness (QED) is 0.805. The first kappa shape index (κ1) is 13.9. The van der Waals surface area contributed by atoms with E-state index in [1.165, 1.54) is 25.3 Å². The number of halogens is 2. The summed E-state index contributed by atoms with van der Waals surface area (Å²) in [7, 11) is 1.32. The van der Waals surface area contributed by atoms with Crippen molar-refractivity contribution in [2.24, 2.45) is 5.73 Å². The predicted octanol–water partition coefficient (Wildman–Crippen LogP) is 1.42. The van der Waals surface area contributed by atoms with E-state index in [0.29, 0.717) is 5.56 Å². The van der Waals surface area contributed by atoms with E-state index in [4.69, 9.17) is 17.3 Å². The fourth-order valence-corrected chi connectivity index (χ4v) is 1.57. The van der Waals surface area contributed by atoms with Crippen LogP contribution in [0.15, 0.2) is 18.2 Å². The topological polar surface area (TPSA) is 64.3 Å². The molecular weight excluding hydrogens is 247 g/mol. The molecule has 1 aromatic rings. The van der Waals surface area contributed by atoms with E-state index in [1.807, 2.05) is 0 Å². The van der Waals surface area contributed by atoms with E-state index in [0.717, 1.165) is 0 Å². The molecule has 94 valence electrons. The van der Waals surface area contributed by atoms with Crippen LogP contribution in [0.2, 0.25) is 5.02 Å². The normalized spacial score (nSPS) is 14.2. The first-order chi connectivity index (χ1) is 7.86. The molecule has 0 aliphatic carbocycles. The molecule has 4 nitrogen and oxygen atoms in total. The van der Waals surface area contributed by atoms with Gasteiger partial charge in [-0.1, -0.05) is 17.7 Å². The fourth-order valence-electron chi connectivity index (χ4n) is 1.36. The van der Waals surface area contributed by atoms with Crippen LogP contribution in [0.3, 0.4) is 0 Å². The second kappa shape index (κ2) is 5.44. The lowest BCUT2D eigenvalue weighted by molar-refractivity contribution is -0.136. The fraction of sp³-hybridized carbons (Fsp3) is 0.364. The summed E-state index contributed by atoms with van der Waals surface area (Å²) in [5.74, 6) is -0.962. The summed E-state index contributed by atoms with van der Waals surface area (Å²) in [6.45, 7) is 1.55. The Balaban J connectivity index is 2.82. The van der Waals surface area contributed by atoms with Gasteiger partial charge in [-0.25, -0.2) is 9.87 Å². The van der Waals surface area contributed by atoms with Crippen LogP contribution < -0.4 is 11.2 Å². The van der Waals surface area contributed by atoms with Crippen LogP contribution in [0, 0.1) is 5.82 Å². The van der Waals surface area contributed by atoms with E-state index in [9.17, 15) is 9.18 Å². The van der Waals surface area contributed by atoms with E-state index >= 15 is 0 Å². The lowest BCUT2D eigenvalue weighted by Gasteiger charge is -2.22. The molecule has 0 saturated heterocycles. The molecule has 0 bridgehead atoms. The van der Waals surface area contributed by atoms with Crippen molar-refractivity contribution in [3.63, 3.8) is 0 Å². The van der Waals surface area contributed by atoms with Crippen LogP contribution >= 0.6 is 11.6 Å². The van der Waals surface area contributed by atoms with Crippen molar-refractivity contribution in [3.8, 4) is 0 Å². The minimum atomic E-state index is -1.16. The molecule has 1 atom stereocenters. The van der Waals surface area contributed by atoms with E-state index in [-0.39, 0.29) is 11.4 Å². The molecule has 1 amide bonds. The lowest BCUT2D eigenvalue weighted by atomic mass is 9.93. The Hall–Kier alpha value is -1.17. The molecule has 0 aliphatic rings. The maximum absolute atomic E-state index is 12.9. The molecule has 0 heterocycles. The average Bonchev–Trinajstić information content (AvgIpc) is 2.23. The molecule has 3 N–H and O–H groups in total. The Morgan fingerprint density at radius 1 is 1.65 bits per heavy atom. The summed E-state index contributed by atoms with van der Waals surface area (Å²) in [6, 6.07) is 4.22. The van der Waals surface area contributed by atoms with E-state index in [2.05, 4.69) is 10.3 Å². The molecule has 0 unspecified atom stereocenters. The standard InChI is InChI=1S/C11H14ClFN2O2/c1-11(14,10(16)15-17-2)6-7-3-4-9(13)8(12)5-7/h3-5H,6,14H2,1-2H3,(H,15,16)/t11-/m0/s1. The van der Waals surface area contributed by atoms with Crippen LogP contribution in [-0.2, 0) is 16.1 Å². The Labute approximate surface area is 104 Å². The second-order valence-electron chi connectivity index (χ2n) is 3.98. The monoisotopic (exact) mass is 260 g/mol. The number of benzene rings is 1. The lowest BCUT2D eigenvalue weighted by Crippen LogP contribution is -2.52. The highest BCUT2D eigenvalue weighted by Gasteiger charge is 2.28. The summed E-state index contributed by atoms with van der Waals surface area (Å²) in [5.41, 5.74) is 7.52. The first-order valence-corrected chi connectivity index (χ1v) is 5.31. The number of hydrogen-bond donors (Lipinski definition) is 2. The third kappa shape index (κ3) is 3.66. The van der Waals surface area contributed by atoms with Gasteiger partial charge >= 0.3 is 0 Å². The number of rotatable bonds is 4. The third-order valence-corrected chi connectivity index (χ3v) is 2.56. The Morgan fingerprint density at radius 3 is 2.82 bits per heavy atom. The van der Waals surface area contributed by atoms with Crippen molar-refractivity contribution in [1.82, 2.24) is 5.48 Å². The second-order valence-corrected chi connectivity index (χ2v) is 4.39. The van der Waals surface area contributed by atoms with Gasteiger partial charge in [0.15, 0.2) is 0 Å². The highest BCUT2D eigenvalue weighted by Crippen LogP contribution is 2.19. The Bertz CT molecular complexity index is 424.